The molecule has 0 aliphatic rings. The summed E-state index contributed by atoms with van der Waals surface area (Å²) in [4.78, 5) is 23.5. The van der Waals surface area contributed by atoms with Crippen molar-refractivity contribution in [2.24, 2.45) is 5.92 Å². The Kier molecular flexibility index (Phi) is 5.51. The molecular weight excluding hydrogens is 294 g/mol. The molecule has 1 heterocycles. The van der Waals surface area contributed by atoms with Crippen LogP contribution >= 0.6 is 0 Å². The summed E-state index contributed by atoms with van der Waals surface area (Å²) in [5, 5.41) is 16.1. The second-order valence-corrected chi connectivity index (χ2v) is 5.52. The van der Waals surface area contributed by atoms with Crippen LogP contribution in [0.2, 0.25) is 0 Å². The summed E-state index contributed by atoms with van der Waals surface area (Å²) in [7, 11) is 0. The minimum absolute atomic E-state index is 0.0828. The van der Waals surface area contributed by atoms with Crippen molar-refractivity contribution >= 4 is 11.9 Å². The molecule has 1 amide bonds. The van der Waals surface area contributed by atoms with Gasteiger partial charge in [0.25, 0.3) is 5.91 Å². The predicted octanol–water partition coefficient (Wildman–Crippen LogP) is 1.88. The summed E-state index contributed by atoms with van der Waals surface area (Å²) in [6.07, 6.45) is 3.51. The number of carbonyl (C=O) groups excluding carboxylic acids is 1. The van der Waals surface area contributed by atoms with Crippen LogP contribution < -0.4 is 5.32 Å². The van der Waals surface area contributed by atoms with E-state index < -0.39 is 11.9 Å². The standard InChI is InChI=1S/C17H21N3O3/c1-3-20-11-15(10-19-20)16(21)18-9-14(17(22)23)8-13-6-4-5-12(2)7-13/h4-7,10-11,14H,3,8-9H2,1-2H3,(H,18,21)(H,22,23). The van der Waals surface area contributed by atoms with E-state index in [9.17, 15) is 14.7 Å². The lowest BCUT2D eigenvalue weighted by molar-refractivity contribution is -0.141. The van der Waals surface area contributed by atoms with Crippen molar-refractivity contribution in [1.29, 1.82) is 0 Å². The van der Waals surface area contributed by atoms with Gasteiger partial charge in [0.15, 0.2) is 0 Å². The molecule has 2 rings (SSSR count). The third-order valence-electron chi connectivity index (χ3n) is 3.64. The number of nitrogens with one attached hydrogen (secondary N) is 1. The summed E-state index contributed by atoms with van der Waals surface area (Å²) < 4.78 is 1.65. The lowest BCUT2D eigenvalue weighted by Crippen LogP contribution is -2.34. The topological polar surface area (TPSA) is 84.2 Å². The van der Waals surface area contributed by atoms with E-state index in [0.29, 0.717) is 18.5 Å². The number of aliphatic carboxylic acids is 1. The zero-order valence-electron chi connectivity index (χ0n) is 13.3. The maximum Gasteiger partial charge on any atom is 0.308 e. The molecule has 1 aromatic heterocycles. The molecule has 122 valence electrons. The largest absolute Gasteiger partial charge is 0.481 e. The normalized spacial score (nSPS) is 11.9. The summed E-state index contributed by atoms with van der Waals surface area (Å²) in [5.74, 6) is -1.89. The number of aryl methyl sites for hydroxylation is 2. The molecule has 2 aromatic rings. The number of rotatable bonds is 7. The third-order valence-corrected chi connectivity index (χ3v) is 3.64. The Labute approximate surface area is 135 Å². The SMILES string of the molecule is CCn1cc(C(=O)NCC(Cc2cccc(C)c2)C(=O)O)cn1. The maximum absolute atomic E-state index is 12.1. The van der Waals surface area contributed by atoms with Crippen LogP contribution in [0.5, 0.6) is 0 Å². The van der Waals surface area contributed by atoms with Gasteiger partial charge in [0.05, 0.1) is 17.7 Å². The number of amides is 1. The number of hydrogen-bond acceptors (Lipinski definition) is 3. The second kappa shape index (κ2) is 7.58. The van der Waals surface area contributed by atoms with Crippen LogP contribution in [-0.4, -0.2) is 33.3 Å². The fraction of sp³-hybridized carbons (Fsp3) is 0.353. The lowest BCUT2D eigenvalue weighted by Gasteiger charge is -2.13. The first kappa shape index (κ1) is 16.7. The van der Waals surface area contributed by atoms with Crippen LogP contribution in [0, 0.1) is 12.8 Å². The molecule has 0 aliphatic carbocycles. The molecule has 6 nitrogen and oxygen atoms in total. The van der Waals surface area contributed by atoms with Gasteiger partial charge in [-0.05, 0) is 25.8 Å². The van der Waals surface area contributed by atoms with Gasteiger partial charge >= 0.3 is 5.97 Å². The molecule has 6 heteroatoms. The molecule has 0 fully saturated rings. The molecule has 2 N–H and O–H groups in total. The maximum atomic E-state index is 12.1. The first-order valence-electron chi connectivity index (χ1n) is 7.58. The van der Waals surface area contributed by atoms with Gasteiger partial charge in [0.2, 0.25) is 0 Å². The van der Waals surface area contributed by atoms with Crippen molar-refractivity contribution in [1.82, 2.24) is 15.1 Å². The first-order chi connectivity index (χ1) is 11.0. The molecule has 1 unspecified atom stereocenters. The monoisotopic (exact) mass is 315 g/mol. The molecular formula is C17H21N3O3. The van der Waals surface area contributed by atoms with Crippen molar-refractivity contribution in [3.8, 4) is 0 Å². The molecule has 0 radical (unpaired) electrons. The Balaban J connectivity index is 1.97. The van der Waals surface area contributed by atoms with Gasteiger partial charge in [-0.15, -0.1) is 0 Å². The Morgan fingerprint density at radius 1 is 1.39 bits per heavy atom. The van der Waals surface area contributed by atoms with Crippen LogP contribution in [0.15, 0.2) is 36.7 Å². The van der Waals surface area contributed by atoms with Crippen LogP contribution in [-0.2, 0) is 17.8 Å². The quantitative estimate of drug-likeness (QED) is 0.817. The average Bonchev–Trinajstić information content (AvgIpc) is 3.00. The van der Waals surface area contributed by atoms with Crippen molar-refractivity contribution < 1.29 is 14.7 Å². The first-order valence-corrected chi connectivity index (χ1v) is 7.58. The van der Waals surface area contributed by atoms with E-state index in [1.165, 1.54) is 6.20 Å². The third kappa shape index (κ3) is 4.67. The number of carboxylic acids is 1. The fourth-order valence-corrected chi connectivity index (χ4v) is 2.34. The number of carboxylic acid groups (broad SMARTS) is 1. The smallest absolute Gasteiger partial charge is 0.308 e. The predicted molar refractivity (Wildman–Crippen MR) is 86.2 cm³/mol. The Bertz CT molecular complexity index is 694. The minimum Gasteiger partial charge on any atom is -0.481 e. The number of carbonyl (C=O) groups is 2. The highest BCUT2D eigenvalue weighted by Gasteiger charge is 2.20. The van der Waals surface area contributed by atoms with E-state index >= 15 is 0 Å². The molecule has 0 spiro atoms. The van der Waals surface area contributed by atoms with Crippen LogP contribution in [0.4, 0.5) is 0 Å². The Morgan fingerprint density at radius 2 is 2.17 bits per heavy atom. The van der Waals surface area contributed by atoms with E-state index in [0.717, 1.165) is 11.1 Å². The summed E-state index contributed by atoms with van der Waals surface area (Å²) in [6, 6.07) is 7.73. The Hall–Kier alpha value is -2.63. The van der Waals surface area contributed by atoms with Gasteiger partial charge in [-0.2, -0.15) is 5.10 Å². The van der Waals surface area contributed by atoms with E-state index in [1.807, 2.05) is 38.1 Å². The highest BCUT2D eigenvalue weighted by molar-refractivity contribution is 5.93. The van der Waals surface area contributed by atoms with Gasteiger partial charge < -0.3 is 10.4 Å². The van der Waals surface area contributed by atoms with Gasteiger partial charge in [0, 0.05) is 19.3 Å². The van der Waals surface area contributed by atoms with Crippen molar-refractivity contribution in [3.63, 3.8) is 0 Å². The van der Waals surface area contributed by atoms with E-state index in [-0.39, 0.29) is 12.5 Å². The van der Waals surface area contributed by atoms with Crippen molar-refractivity contribution in [2.75, 3.05) is 6.54 Å². The fourth-order valence-electron chi connectivity index (χ4n) is 2.34. The lowest BCUT2D eigenvalue weighted by atomic mass is 9.98. The number of nitrogens with zero attached hydrogens (tertiary/aromatic N) is 2. The zero-order chi connectivity index (χ0) is 16.8. The van der Waals surface area contributed by atoms with E-state index in [1.54, 1.807) is 10.9 Å². The number of aromatic nitrogens is 2. The Morgan fingerprint density at radius 3 is 2.78 bits per heavy atom. The van der Waals surface area contributed by atoms with Gasteiger partial charge in [0.1, 0.15) is 0 Å². The van der Waals surface area contributed by atoms with E-state index in [4.69, 9.17) is 0 Å². The highest BCUT2D eigenvalue weighted by Crippen LogP contribution is 2.11. The molecule has 23 heavy (non-hydrogen) atoms. The van der Waals surface area contributed by atoms with E-state index in [2.05, 4.69) is 10.4 Å². The molecule has 0 saturated carbocycles. The van der Waals surface area contributed by atoms with Gasteiger partial charge in [-0.25, -0.2) is 0 Å². The van der Waals surface area contributed by atoms with Crippen molar-refractivity contribution in [3.05, 3.63) is 53.3 Å². The summed E-state index contributed by atoms with van der Waals surface area (Å²) >= 11 is 0. The number of hydrogen-bond donors (Lipinski definition) is 2. The van der Waals surface area contributed by atoms with Crippen molar-refractivity contribution in [2.45, 2.75) is 26.8 Å². The molecule has 0 saturated heterocycles. The number of benzene rings is 1. The molecule has 1 aromatic carbocycles. The highest BCUT2D eigenvalue weighted by atomic mass is 16.4. The average molecular weight is 315 g/mol. The second-order valence-electron chi connectivity index (χ2n) is 5.52. The summed E-state index contributed by atoms with van der Waals surface area (Å²) in [5.41, 5.74) is 2.47. The minimum atomic E-state index is -0.920. The molecule has 1 atom stereocenters. The summed E-state index contributed by atoms with van der Waals surface area (Å²) in [6.45, 7) is 4.65. The van der Waals surface area contributed by atoms with Gasteiger partial charge in [-0.1, -0.05) is 29.8 Å². The van der Waals surface area contributed by atoms with Crippen LogP contribution in [0.3, 0.4) is 0 Å². The van der Waals surface area contributed by atoms with Crippen LogP contribution in [0.25, 0.3) is 0 Å². The van der Waals surface area contributed by atoms with Crippen LogP contribution in [0.1, 0.15) is 28.4 Å². The molecule has 0 bridgehead atoms. The zero-order valence-corrected chi connectivity index (χ0v) is 13.3. The molecule has 0 aliphatic heterocycles. The van der Waals surface area contributed by atoms with Gasteiger partial charge in [-0.3, -0.25) is 14.3 Å².